The Hall–Kier alpha value is -0.560. The number of rotatable bonds is 5. The van der Waals surface area contributed by atoms with Gasteiger partial charge in [0, 0.05) is 7.11 Å². The maximum atomic E-state index is 5.14. The average Bonchev–Trinajstić information content (AvgIpc) is 2.10. The molecule has 0 aromatic heterocycles. The van der Waals surface area contributed by atoms with Crippen LogP contribution in [0.2, 0.25) is 0 Å². The van der Waals surface area contributed by atoms with Crippen LogP contribution in [0.1, 0.15) is 34.1 Å². The van der Waals surface area contributed by atoms with E-state index in [4.69, 9.17) is 4.74 Å². The summed E-state index contributed by atoms with van der Waals surface area (Å²) >= 11 is 0. The first-order valence-electron chi connectivity index (χ1n) is 4.96. The van der Waals surface area contributed by atoms with Gasteiger partial charge in [0.05, 0.1) is 6.10 Å². The second-order valence-corrected chi connectivity index (χ2v) is 3.76. The first-order valence-corrected chi connectivity index (χ1v) is 4.96. The summed E-state index contributed by atoms with van der Waals surface area (Å²) in [6.45, 7) is 8.59. The summed E-state index contributed by atoms with van der Waals surface area (Å²) in [5.41, 5.74) is 1.39. The lowest BCUT2D eigenvalue weighted by molar-refractivity contribution is 0.156. The van der Waals surface area contributed by atoms with E-state index in [0.29, 0.717) is 5.92 Å². The van der Waals surface area contributed by atoms with E-state index in [1.165, 1.54) is 5.57 Å². The van der Waals surface area contributed by atoms with Gasteiger partial charge >= 0.3 is 0 Å². The van der Waals surface area contributed by atoms with Gasteiger partial charge in [-0.2, -0.15) is 0 Å². The van der Waals surface area contributed by atoms with Crippen molar-refractivity contribution in [2.75, 3.05) is 7.11 Å². The van der Waals surface area contributed by atoms with Crippen molar-refractivity contribution in [1.29, 1.82) is 0 Å². The molecule has 0 bridgehead atoms. The maximum absolute atomic E-state index is 5.14. The second-order valence-electron chi connectivity index (χ2n) is 3.76. The highest BCUT2D eigenvalue weighted by atomic mass is 16.5. The Labute approximate surface area is 82.5 Å². The van der Waals surface area contributed by atoms with Crippen LogP contribution in [0.15, 0.2) is 23.8 Å². The molecule has 0 aliphatic carbocycles. The van der Waals surface area contributed by atoms with Gasteiger partial charge in [-0.15, -0.1) is 0 Å². The molecule has 0 aliphatic heterocycles. The van der Waals surface area contributed by atoms with Gasteiger partial charge in [-0.05, 0) is 26.2 Å². The minimum absolute atomic E-state index is 0.210. The third-order valence-corrected chi connectivity index (χ3v) is 1.97. The Morgan fingerprint density at radius 3 is 2.31 bits per heavy atom. The first-order chi connectivity index (χ1) is 6.10. The van der Waals surface area contributed by atoms with Gasteiger partial charge in [0.15, 0.2) is 0 Å². The van der Waals surface area contributed by atoms with E-state index in [1.54, 1.807) is 7.11 Å². The predicted molar refractivity (Wildman–Crippen MR) is 58.8 cm³/mol. The molecule has 0 spiro atoms. The van der Waals surface area contributed by atoms with E-state index in [-0.39, 0.29) is 6.10 Å². The molecule has 0 aliphatic rings. The van der Waals surface area contributed by atoms with Crippen LogP contribution in [-0.2, 0) is 4.74 Å². The smallest absolute Gasteiger partial charge is 0.0727 e. The van der Waals surface area contributed by atoms with Crippen LogP contribution in [0, 0.1) is 5.92 Å². The van der Waals surface area contributed by atoms with Crippen LogP contribution in [-0.4, -0.2) is 13.2 Å². The molecule has 0 N–H and O–H groups in total. The molecular formula is C12H22O. The van der Waals surface area contributed by atoms with Gasteiger partial charge in [-0.3, -0.25) is 0 Å². The molecule has 1 heteroatoms. The quantitative estimate of drug-likeness (QED) is 0.591. The van der Waals surface area contributed by atoms with E-state index < -0.39 is 0 Å². The number of hydrogen-bond donors (Lipinski definition) is 0. The van der Waals surface area contributed by atoms with Gasteiger partial charge in [0.25, 0.3) is 0 Å². The normalized spacial score (nSPS) is 15.7. The van der Waals surface area contributed by atoms with Crippen LogP contribution < -0.4 is 0 Å². The number of allylic oxidation sites excluding steroid dienone is 3. The third kappa shape index (κ3) is 6.59. The summed E-state index contributed by atoms with van der Waals surface area (Å²) in [6.07, 6.45) is 7.77. The third-order valence-electron chi connectivity index (χ3n) is 1.97. The molecular weight excluding hydrogens is 160 g/mol. The molecule has 0 heterocycles. The van der Waals surface area contributed by atoms with Crippen LogP contribution in [0.25, 0.3) is 0 Å². The monoisotopic (exact) mass is 182 g/mol. The summed E-state index contributed by atoms with van der Waals surface area (Å²) in [6, 6.07) is 0. The van der Waals surface area contributed by atoms with Gasteiger partial charge in [0.2, 0.25) is 0 Å². The fourth-order valence-corrected chi connectivity index (χ4v) is 1.09. The van der Waals surface area contributed by atoms with E-state index in [9.17, 15) is 0 Å². The molecule has 0 amide bonds. The molecule has 0 aromatic carbocycles. The Bertz CT molecular complexity index is 178. The molecule has 1 atom stereocenters. The Morgan fingerprint density at radius 1 is 1.31 bits per heavy atom. The average molecular weight is 182 g/mol. The van der Waals surface area contributed by atoms with Crippen molar-refractivity contribution < 1.29 is 4.74 Å². The Balaban J connectivity index is 4.06. The predicted octanol–water partition coefficient (Wildman–Crippen LogP) is 3.57. The molecule has 1 nitrogen and oxygen atoms in total. The topological polar surface area (TPSA) is 9.23 Å². The largest absolute Gasteiger partial charge is 0.378 e. The van der Waals surface area contributed by atoms with Crippen molar-refractivity contribution >= 4 is 0 Å². The van der Waals surface area contributed by atoms with Gasteiger partial charge in [-0.1, -0.05) is 37.6 Å². The standard InChI is InChI=1S/C12H22O/c1-6-12(9-10(2)3)8-7-11(4)13-5/h6-8,10-11H,9H2,1-5H3. The lowest BCUT2D eigenvalue weighted by Gasteiger charge is -2.06. The summed E-state index contributed by atoms with van der Waals surface area (Å²) in [5.74, 6) is 0.716. The van der Waals surface area contributed by atoms with Crippen LogP contribution in [0.4, 0.5) is 0 Å². The first kappa shape index (κ1) is 12.4. The van der Waals surface area contributed by atoms with Gasteiger partial charge < -0.3 is 4.74 Å². The summed E-state index contributed by atoms with van der Waals surface area (Å²) in [7, 11) is 1.73. The van der Waals surface area contributed by atoms with E-state index in [2.05, 4.69) is 39.0 Å². The van der Waals surface area contributed by atoms with Crippen LogP contribution >= 0.6 is 0 Å². The zero-order chi connectivity index (χ0) is 10.3. The minimum Gasteiger partial charge on any atom is -0.378 e. The molecule has 13 heavy (non-hydrogen) atoms. The lowest BCUT2D eigenvalue weighted by atomic mass is 10.0. The number of hydrogen-bond acceptors (Lipinski definition) is 1. The Kier molecular flexibility index (Phi) is 6.61. The molecule has 76 valence electrons. The van der Waals surface area contributed by atoms with Gasteiger partial charge in [-0.25, -0.2) is 0 Å². The zero-order valence-electron chi connectivity index (χ0n) is 9.50. The van der Waals surface area contributed by atoms with Gasteiger partial charge in [0.1, 0.15) is 0 Å². The van der Waals surface area contributed by atoms with E-state index >= 15 is 0 Å². The SMILES string of the molecule is CC=C(C=CC(C)OC)CC(C)C. The van der Waals surface area contributed by atoms with Crippen molar-refractivity contribution in [3.8, 4) is 0 Å². The second kappa shape index (κ2) is 6.90. The van der Waals surface area contributed by atoms with Crippen molar-refractivity contribution in [2.45, 2.75) is 40.2 Å². The Morgan fingerprint density at radius 2 is 1.92 bits per heavy atom. The highest BCUT2D eigenvalue weighted by Gasteiger charge is 1.97. The van der Waals surface area contributed by atoms with E-state index in [1.807, 2.05) is 6.92 Å². The summed E-state index contributed by atoms with van der Waals surface area (Å²) in [5, 5.41) is 0. The van der Waals surface area contributed by atoms with Crippen molar-refractivity contribution in [2.24, 2.45) is 5.92 Å². The summed E-state index contributed by atoms with van der Waals surface area (Å²) < 4.78 is 5.14. The molecule has 1 unspecified atom stereocenters. The zero-order valence-corrected chi connectivity index (χ0v) is 9.50. The van der Waals surface area contributed by atoms with Crippen molar-refractivity contribution in [1.82, 2.24) is 0 Å². The molecule has 0 saturated heterocycles. The fraction of sp³-hybridized carbons (Fsp3) is 0.667. The van der Waals surface area contributed by atoms with Crippen LogP contribution in [0.5, 0.6) is 0 Å². The minimum atomic E-state index is 0.210. The highest BCUT2D eigenvalue weighted by molar-refractivity contribution is 5.18. The molecule has 0 rings (SSSR count). The van der Waals surface area contributed by atoms with Crippen LogP contribution in [0.3, 0.4) is 0 Å². The molecule has 0 radical (unpaired) electrons. The lowest BCUT2D eigenvalue weighted by Crippen LogP contribution is -1.99. The number of methoxy groups -OCH3 is 1. The molecule has 0 fully saturated rings. The summed E-state index contributed by atoms with van der Waals surface area (Å²) in [4.78, 5) is 0. The molecule has 0 aromatic rings. The maximum Gasteiger partial charge on any atom is 0.0727 e. The molecule has 0 saturated carbocycles. The van der Waals surface area contributed by atoms with Crippen molar-refractivity contribution in [3.63, 3.8) is 0 Å². The fourth-order valence-electron chi connectivity index (χ4n) is 1.09. The van der Waals surface area contributed by atoms with Crippen molar-refractivity contribution in [3.05, 3.63) is 23.8 Å². The number of ether oxygens (including phenoxy) is 1. The van der Waals surface area contributed by atoms with E-state index in [0.717, 1.165) is 6.42 Å². The highest BCUT2D eigenvalue weighted by Crippen LogP contribution is 2.12.